The quantitative estimate of drug-likeness (QED) is 0.440. The van der Waals surface area contributed by atoms with Gasteiger partial charge in [0.1, 0.15) is 5.82 Å². The molecule has 2 aliphatic rings. The Kier molecular flexibility index (Phi) is 10.3. The maximum atomic E-state index is 13.1. The first kappa shape index (κ1) is 27.7. The third kappa shape index (κ3) is 7.54. The summed E-state index contributed by atoms with van der Waals surface area (Å²) >= 11 is 0. The largest absolute Gasteiger partial charge is 0.481 e. The zero-order valence-electron chi connectivity index (χ0n) is 20.7. The number of rotatable bonds is 10. The molecule has 0 radical (unpaired) electrons. The van der Waals surface area contributed by atoms with E-state index in [1.165, 1.54) is 12.7 Å². The number of pyridine rings is 2. The second-order valence-corrected chi connectivity index (χ2v) is 9.38. The Labute approximate surface area is 218 Å². The molecule has 196 valence electrons. The molecule has 0 saturated carbocycles. The van der Waals surface area contributed by atoms with E-state index in [1.807, 2.05) is 0 Å². The molecule has 36 heavy (non-hydrogen) atoms. The molecule has 0 bridgehead atoms. The van der Waals surface area contributed by atoms with E-state index in [0.717, 1.165) is 69.7 Å². The summed E-state index contributed by atoms with van der Waals surface area (Å²) in [6.45, 7) is 3.56. The fraction of sp³-hybridized carbons (Fsp3) is 0.538. The van der Waals surface area contributed by atoms with Crippen molar-refractivity contribution in [2.24, 2.45) is 5.92 Å². The van der Waals surface area contributed by atoms with E-state index >= 15 is 0 Å². The van der Waals surface area contributed by atoms with Crippen LogP contribution in [0.1, 0.15) is 55.0 Å². The zero-order chi connectivity index (χ0) is 24.6. The molecule has 9 nitrogen and oxygen atoms in total. The summed E-state index contributed by atoms with van der Waals surface area (Å²) < 4.78 is 5.08. The summed E-state index contributed by atoms with van der Waals surface area (Å²) in [6.07, 6.45) is 7.27. The van der Waals surface area contributed by atoms with E-state index in [2.05, 4.69) is 32.7 Å². The monoisotopic (exact) mass is 517 g/mol. The number of carbonyl (C=O) groups is 2. The summed E-state index contributed by atoms with van der Waals surface area (Å²) in [5.74, 6) is 0.254. The van der Waals surface area contributed by atoms with Crippen LogP contribution in [0, 0.1) is 5.92 Å². The average Bonchev–Trinajstić information content (AvgIpc) is 2.88. The molecule has 1 fully saturated rings. The third-order valence-corrected chi connectivity index (χ3v) is 6.80. The van der Waals surface area contributed by atoms with E-state index in [-0.39, 0.29) is 30.7 Å². The van der Waals surface area contributed by atoms with Crippen LogP contribution < -0.4 is 15.4 Å². The number of nitrogens with one attached hydrogen (secondary N) is 2. The number of methoxy groups -OCH3 is 1. The first-order valence-electron chi connectivity index (χ1n) is 12.5. The summed E-state index contributed by atoms with van der Waals surface area (Å²) in [7, 11) is 1.52. The molecule has 0 aliphatic carbocycles. The Bertz CT molecular complexity index is 1020. The number of carboxylic acids is 1. The van der Waals surface area contributed by atoms with Gasteiger partial charge in [-0.3, -0.25) is 9.59 Å². The minimum Gasteiger partial charge on any atom is -0.481 e. The zero-order valence-corrected chi connectivity index (χ0v) is 21.6. The lowest BCUT2D eigenvalue weighted by atomic mass is 9.95. The molecule has 2 aromatic rings. The highest BCUT2D eigenvalue weighted by atomic mass is 35.5. The first-order chi connectivity index (χ1) is 17.0. The van der Waals surface area contributed by atoms with Gasteiger partial charge in [0.25, 0.3) is 0 Å². The number of anilines is 1. The average molecular weight is 518 g/mol. The normalized spacial score (nSPS) is 18.2. The minimum absolute atomic E-state index is 0. The van der Waals surface area contributed by atoms with Gasteiger partial charge in [-0.1, -0.05) is 12.1 Å². The number of carboxylic acid groups (broad SMARTS) is 1. The molecule has 4 rings (SSSR count). The lowest BCUT2D eigenvalue weighted by molar-refractivity contribution is -0.138. The number of aliphatic carboxylic acids is 1. The number of ether oxygens (including phenoxy) is 1. The Morgan fingerprint density at radius 1 is 1.28 bits per heavy atom. The molecule has 10 heteroatoms. The highest BCUT2D eigenvalue weighted by Crippen LogP contribution is 2.23. The van der Waals surface area contributed by atoms with Crippen LogP contribution in [0.15, 0.2) is 30.5 Å². The number of nitrogens with zero attached hydrogens (tertiary/aromatic N) is 3. The van der Waals surface area contributed by atoms with Crippen LogP contribution >= 0.6 is 12.4 Å². The van der Waals surface area contributed by atoms with E-state index in [1.54, 1.807) is 18.3 Å². The molecule has 2 aliphatic heterocycles. The number of carbonyl (C=O) groups excluding carboxylic acids is 1. The standard InChI is InChI=1S/C26H35N5O4.ClH/c1-35-23-11-9-19(16-28-23)22(15-24(32)33)30-26(34)20-6-3-13-31(17-20)14-4-7-21-10-8-18-5-2-12-27-25(18)29-21;/h8-11,16,20,22H,2-7,12-15,17H2,1H3,(H,27,29)(H,30,34)(H,32,33);1H/t20-,22?;/m1./s1. The second-order valence-electron chi connectivity index (χ2n) is 9.38. The second kappa shape index (κ2) is 13.4. The molecular formula is C26H36ClN5O4. The molecule has 1 amide bonds. The number of hydrogen-bond acceptors (Lipinski definition) is 7. The lowest BCUT2D eigenvalue weighted by Crippen LogP contribution is -2.44. The van der Waals surface area contributed by atoms with Crippen LogP contribution in [-0.4, -0.2) is 65.1 Å². The van der Waals surface area contributed by atoms with Crippen LogP contribution in [0.3, 0.4) is 0 Å². The molecular weight excluding hydrogens is 482 g/mol. The third-order valence-electron chi connectivity index (χ3n) is 6.80. The van der Waals surface area contributed by atoms with Crippen LogP contribution in [0.4, 0.5) is 5.82 Å². The Morgan fingerprint density at radius 2 is 2.14 bits per heavy atom. The highest BCUT2D eigenvalue weighted by molar-refractivity contribution is 5.85. The first-order valence-corrected chi connectivity index (χ1v) is 12.5. The van der Waals surface area contributed by atoms with Gasteiger partial charge < -0.3 is 25.4 Å². The summed E-state index contributed by atoms with van der Waals surface area (Å²) in [6, 6.07) is 7.12. The number of amides is 1. The molecule has 0 spiro atoms. The SMILES string of the molecule is COc1ccc(C(CC(=O)O)NC(=O)[C@@H]2CCCN(CCCc3ccc4c(n3)NCCC4)C2)cn1.Cl. The Hall–Kier alpha value is -2.91. The number of piperidine rings is 1. The molecule has 2 atom stereocenters. The fourth-order valence-corrected chi connectivity index (χ4v) is 4.90. The Balaban J connectivity index is 0.00000361. The predicted molar refractivity (Wildman–Crippen MR) is 140 cm³/mol. The number of likely N-dealkylation sites (tertiary alicyclic amines) is 1. The predicted octanol–water partition coefficient (Wildman–Crippen LogP) is 3.24. The molecule has 0 aromatic carbocycles. The van der Waals surface area contributed by atoms with E-state index in [9.17, 15) is 14.7 Å². The molecule has 4 heterocycles. The smallest absolute Gasteiger partial charge is 0.305 e. The topological polar surface area (TPSA) is 117 Å². The van der Waals surface area contributed by atoms with Crippen LogP contribution in [-0.2, 0) is 22.4 Å². The van der Waals surface area contributed by atoms with Crippen LogP contribution in [0.25, 0.3) is 0 Å². The van der Waals surface area contributed by atoms with Crippen molar-refractivity contribution < 1.29 is 19.4 Å². The van der Waals surface area contributed by atoms with Crippen molar-refractivity contribution in [3.05, 3.63) is 47.3 Å². The highest BCUT2D eigenvalue weighted by Gasteiger charge is 2.28. The maximum Gasteiger partial charge on any atom is 0.305 e. The summed E-state index contributed by atoms with van der Waals surface area (Å²) in [5.41, 5.74) is 3.06. The Morgan fingerprint density at radius 3 is 2.89 bits per heavy atom. The number of hydrogen-bond donors (Lipinski definition) is 3. The fourth-order valence-electron chi connectivity index (χ4n) is 4.90. The number of fused-ring (bicyclic) bond motifs is 1. The maximum absolute atomic E-state index is 13.1. The van der Waals surface area contributed by atoms with E-state index in [4.69, 9.17) is 9.72 Å². The molecule has 1 unspecified atom stereocenters. The van der Waals surface area contributed by atoms with Gasteiger partial charge in [-0.25, -0.2) is 9.97 Å². The summed E-state index contributed by atoms with van der Waals surface area (Å²) in [5, 5.41) is 15.7. The minimum atomic E-state index is -0.970. The van der Waals surface area contributed by atoms with Gasteiger partial charge >= 0.3 is 5.97 Å². The number of halogens is 1. The van der Waals surface area contributed by atoms with Crippen molar-refractivity contribution in [3.63, 3.8) is 0 Å². The van der Waals surface area contributed by atoms with Crippen molar-refractivity contribution in [2.75, 3.05) is 38.6 Å². The molecule has 1 saturated heterocycles. The van der Waals surface area contributed by atoms with Gasteiger partial charge in [-0.2, -0.15) is 0 Å². The molecule has 2 aromatic heterocycles. The van der Waals surface area contributed by atoms with Crippen molar-refractivity contribution >= 4 is 30.1 Å². The number of aryl methyl sites for hydroxylation is 2. The van der Waals surface area contributed by atoms with Crippen LogP contribution in [0.5, 0.6) is 5.88 Å². The number of aromatic nitrogens is 2. The van der Waals surface area contributed by atoms with E-state index < -0.39 is 12.0 Å². The lowest BCUT2D eigenvalue weighted by Gasteiger charge is -2.32. The van der Waals surface area contributed by atoms with Crippen molar-refractivity contribution in [1.29, 1.82) is 0 Å². The van der Waals surface area contributed by atoms with Gasteiger partial charge in [-0.05, 0) is 68.8 Å². The van der Waals surface area contributed by atoms with Gasteiger partial charge in [0.05, 0.1) is 25.5 Å². The van der Waals surface area contributed by atoms with Gasteiger partial charge in [-0.15, -0.1) is 12.4 Å². The van der Waals surface area contributed by atoms with Gasteiger partial charge in [0.2, 0.25) is 11.8 Å². The van der Waals surface area contributed by atoms with Crippen molar-refractivity contribution in [1.82, 2.24) is 20.2 Å². The van der Waals surface area contributed by atoms with Gasteiger partial charge in [0, 0.05) is 31.0 Å². The van der Waals surface area contributed by atoms with Gasteiger partial charge in [0.15, 0.2) is 0 Å². The van der Waals surface area contributed by atoms with Crippen molar-refractivity contribution in [3.8, 4) is 5.88 Å². The summed E-state index contributed by atoms with van der Waals surface area (Å²) in [4.78, 5) is 35.8. The van der Waals surface area contributed by atoms with E-state index in [0.29, 0.717) is 18.0 Å². The van der Waals surface area contributed by atoms with Crippen molar-refractivity contribution in [2.45, 2.75) is 51.0 Å². The van der Waals surface area contributed by atoms with Crippen LogP contribution in [0.2, 0.25) is 0 Å². The molecule has 3 N–H and O–H groups in total.